The Hall–Kier alpha value is -2.10. The van der Waals surface area contributed by atoms with E-state index in [4.69, 9.17) is 5.11 Å². The molecule has 1 aromatic heterocycles. The minimum Gasteiger partial charge on any atom is -0.481 e. The van der Waals surface area contributed by atoms with Crippen LogP contribution in [0.1, 0.15) is 44.6 Å². The van der Waals surface area contributed by atoms with E-state index in [1.807, 2.05) is 18.2 Å². The topological polar surface area (TPSA) is 59.3 Å². The zero-order chi connectivity index (χ0) is 15.4. The predicted octanol–water partition coefficient (Wildman–Crippen LogP) is 3.38. The van der Waals surface area contributed by atoms with Crippen molar-refractivity contribution in [3.63, 3.8) is 0 Å². The Balaban J connectivity index is 2.20. The summed E-state index contributed by atoms with van der Waals surface area (Å²) in [4.78, 5) is 22.9. The van der Waals surface area contributed by atoms with Crippen molar-refractivity contribution in [3.05, 3.63) is 46.4 Å². The van der Waals surface area contributed by atoms with Gasteiger partial charge in [0.05, 0.1) is 0 Å². The number of carboxylic acid groups (broad SMARTS) is 1. The Bertz CT molecular complexity index is 701. The molecule has 4 nitrogen and oxygen atoms in total. The van der Waals surface area contributed by atoms with Crippen molar-refractivity contribution < 1.29 is 9.90 Å². The molecule has 0 fully saturated rings. The van der Waals surface area contributed by atoms with E-state index >= 15 is 0 Å². The lowest BCUT2D eigenvalue weighted by Crippen LogP contribution is -2.19. The summed E-state index contributed by atoms with van der Waals surface area (Å²) in [5, 5.41) is 10.3. The van der Waals surface area contributed by atoms with Crippen molar-refractivity contribution in [1.82, 2.24) is 4.57 Å². The molecule has 1 heterocycles. The van der Waals surface area contributed by atoms with Crippen LogP contribution in [0.5, 0.6) is 0 Å². The Kier molecular flexibility index (Phi) is 4.78. The Labute approximate surface area is 124 Å². The van der Waals surface area contributed by atoms with Gasteiger partial charge in [0.2, 0.25) is 0 Å². The summed E-state index contributed by atoms with van der Waals surface area (Å²) in [6.07, 6.45) is 3.24. The second-order valence-corrected chi connectivity index (χ2v) is 5.67. The number of carbonyl (C=O) groups is 1. The first-order chi connectivity index (χ1) is 9.99. The number of fused-ring (bicyclic) bond motifs is 1. The van der Waals surface area contributed by atoms with E-state index in [1.165, 1.54) is 5.56 Å². The summed E-state index contributed by atoms with van der Waals surface area (Å²) in [6, 6.07) is 7.92. The van der Waals surface area contributed by atoms with Gasteiger partial charge in [0.25, 0.3) is 5.56 Å². The maximum absolute atomic E-state index is 12.4. The first-order valence-electron chi connectivity index (χ1n) is 7.34. The third-order valence-corrected chi connectivity index (χ3v) is 3.71. The molecule has 0 aliphatic rings. The van der Waals surface area contributed by atoms with Gasteiger partial charge in [0.15, 0.2) is 0 Å². The quantitative estimate of drug-likeness (QED) is 0.829. The Morgan fingerprint density at radius 2 is 2.00 bits per heavy atom. The molecule has 1 aromatic carbocycles. The fourth-order valence-electron chi connectivity index (χ4n) is 2.40. The number of benzene rings is 1. The zero-order valence-corrected chi connectivity index (χ0v) is 12.5. The molecule has 112 valence electrons. The molecule has 0 unspecified atom stereocenters. The summed E-state index contributed by atoms with van der Waals surface area (Å²) in [5.74, 6) is -0.352. The Morgan fingerprint density at radius 3 is 2.67 bits per heavy atom. The van der Waals surface area contributed by atoms with Gasteiger partial charge in [-0.15, -0.1) is 0 Å². The standard InChI is InChI=1S/C17H21NO3/c1-12(2)13-6-7-15-14(11-13)8-10-18(17(15)21)9-4-3-5-16(19)20/h6-8,10-12H,3-5,9H2,1-2H3,(H,19,20). The van der Waals surface area contributed by atoms with Gasteiger partial charge in [-0.1, -0.05) is 26.0 Å². The molecule has 4 heteroatoms. The van der Waals surface area contributed by atoms with Crippen LogP contribution in [0.4, 0.5) is 0 Å². The van der Waals surface area contributed by atoms with E-state index < -0.39 is 5.97 Å². The molecule has 2 rings (SSSR count). The van der Waals surface area contributed by atoms with Gasteiger partial charge in [-0.05, 0) is 41.8 Å². The lowest BCUT2D eigenvalue weighted by Gasteiger charge is -2.09. The van der Waals surface area contributed by atoms with Crippen LogP contribution >= 0.6 is 0 Å². The van der Waals surface area contributed by atoms with Crippen molar-refractivity contribution in [2.24, 2.45) is 0 Å². The first kappa shape index (κ1) is 15.3. The normalized spacial score (nSPS) is 11.2. The smallest absolute Gasteiger partial charge is 0.303 e. The molecule has 0 amide bonds. The molecular weight excluding hydrogens is 266 g/mol. The minimum absolute atomic E-state index is 0.00173. The van der Waals surface area contributed by atoms with E-state index in [9.17, 15) is 9.59 Å². The maximum Gasteiger partial charge on any atom is 0.303 e. The minimum atomic E-state index is -0.790. The van der Waals surface area contributed by atoms with Crippen LogP contribution in [-0.2, 0) is 11.3 Å². The number of aliphatic carboxylic acids is 1. The van der Waals surface area contributed by atoms with Crippen molar-refractivity contribution in [1.29, 1.82) is 0 Å². The van der Waals surface area contributed by atoms with E-state index in [2.05, 4.69) is 19.9 Å². The summed E-state index contributed by atoms with van der Waals surface area (Å²) < 4.78 is 1.67. The molecule has 0 radical (unpaired) electrons. The lowest BCUT2D eigenvalue weighted by atomic mass is 10.0. The fourth-order valence-corrected chi connectivity index (χ4v) is 2.40. The number of hydrogen-bond donors (Lipinski definition) is 1. The van der Waals surface area contributed by atoms with E-state index in [-0.39, 0.29) is 12.0 Å². The van der Waals surface area contributed by atoms with Crippen LogP contribution in [-0.4, -0.2) is 15.6 Å². The summed E-state index contributed by atoms with van der Waals surface area (Å²) >= 11 is 0. The number of aromatic nitrogens is 1. The van der Waals surface area contributed by atoms with Crippen LogP contribution in [0.25, 0.3) is 10.8 Å². The highest BCUT2D eigenvalue weighted by Gasteiger charge is 2.06. The number of pyridine rings is 1. The summed E-state index contributed by atoms with van der Waals surface area (Å²) in [7, 11) is 0. The predicted molar refractivity (Wildman–Crippen MR) is 83.8 cm³/mol. The average Bonchev–Trinajstić information content (AvgIpc) is 2.45. The van der Waals surface area contributed by atoms with Crippen molar-refractivity contribution >= 4 is 16.7 Å². The van der Waals surface area contributed by atoms with Gasteiger partial charge < -0.3 is 9.67 Å². The molecule has 0 saturated heterocycles. The Morgan fingerprint density at radius 1 is 1.24 bits per heavy atom. The zero-order valence-electron chi connectivity index (χ0n) is 12.5. The van der Waals surface area contributed by atoms with Gasteiger partial charge in [0, 0.05) is 24.5 Å². The maximum atomic E-state index is 12.4. The van der Waals surface area contributed by atoms with Crippen molar-refractivity contribution in [2.45, 2.75) is 45.6 Å². The molecule has 21 heavy (non-hydrogen) atoms. The number of rotatable bonds is 6. The molecule has 0 atom stereocenters. The third kappa shape index (κ3) is 3.72. The highest BCUT2D eigenvalue weighted by atomic mass is 16.4. The molecule has 0 saturated carbocycles. The number of carboxylic acids is 1. The molecule has 2 aromatic rings. The highest BCUT2D eigenvalue weighted by molar-refractivity contribution is 5.82. The largest absolute Gasteiger partial charge is 0.481 e. The van der Waals surface area contributed by atoms with Crippen LogP contribution in [0.2, 0.25) is 0 Å². The SMILES string of the molecule is CC(C)c1ccc2c(=O)n(CCCCC(=O)O)ccc2c1. The van der Waals surface area contributed by atoms with E-state index in [1.54, 1.807) is 10.8 Å². The number of nitrogens with zero attached hydrogens (tertiary/aromatic N) is 1. The molecule has 0 spiro atoms. The summed E-state index contributed by atoms with van der Waals surface area (Å²) in [5.41, 5.74) is 1.22. The van der Waals surface area contributed by atoms with Crippen LogP contribution in [0, 0.1) is 0 Å². The number of aryl methyl sites for hydroxylation is 1. The fraction of sp³-hybridized carbons (Fsp3) is 0.412. The van der Waals surface area contributed by atoms with Crippen LogP contribution in [0.15, 0.2) is 35.3 Å². The molecule has 1 N–H and O–H groups in total. The molecule has 0 aliphatic heterocycles. The first-order valence-corrected chi connectivity index (χ1v) is 7.34. The van der Waals surface area contributed by atoms with Crippen LogP contribution < -0.4 is 5.56 Å². The van der Waals surface area contributed by atoms with Gasteiger partial charge >= 0.3 is 5.97 Å². The van der Waals surface area contributed by atoms with E-state index in [0.717, 1.165) is 10.8 Å². The highest BCUT2D eigenvalue weighted by Crippen LogP contribution is 2.19. The number of hydrogen-bond acceptors (Lipinski definition) is 2. The second-order valence-electron chi connectivity index (χ2n) is 5.67. The van der Waals surface area contributed by atoms with Crippen LogP contribution in [0.3, 0.4) is 0 Å². The number of unbranched alkanes of at least 4 members (excludes halogenated alkanes) is 1. The molecular formula is C17H21NO3. The second kappa shape index (κ2) is 6.57. The van der Waals surface area contributed by atoms with Crippen molar-refractivity contribution in [2.75, 3.05) is 0 Å². The lowest BCUT2D eigenvalue weighted by molar-refractivity contribution is -0.137. The van der Waals surface area contributed by atoms with Crippen molar-refractivity contribution in [3.8, 4) is 0 Å². The summed E-state index contributed by atoms with van der Waals surface area (Å²) in [6.45, 7) is 4.82. The average molecular weight is 287 g/mol. The van der Waals surface area contributed by atoms with Gasteiger partial charge in [-0.3, -0.25) is 9.59 Å². The third-order valence-electron chi connectivity index (χ3n) is 3.71. The van der Waals surface area contributed by atoms with E-state index in [0.29, 0.717) is 25.3 Å². The van der Waals surface area contributed by atoms with Gasteiger partial charge in [-0.25, -0.2) is 0 Å². The monoisotopic (exact) mass is 287 g/mol. The molecule has 0 bridgehead atoms. The molecule has 0 aliphatic carbocycles. The van der Waals surface area contributed by atoms with Gasteiger partial charge in [0.1, 0.15) is 0 Å². The van der Waals surface area contributed by atoms with Gasteiger partial charge in [-0.2, -0.15) is 0 Å².